The highest BCUT2D eigenvalue weighted by atomic mass is 19.1. The Balaban J connectivity index is 2.28. The fraction of sp³-hybridized carbons (Fsp3) is 0.182. The molecule has 2 heterocycles. The van der Waals surface area contributed by atoms with Crippen molar-refractivity contribution in [1.29, 1.82) is 0 Å². The number of rotatable bonds is 2. The van der Waals surface area contributed by atoms with Crippen molar-refractivity contribution in [2.24, 2.45) is 0 Å². The third kappa shape index (κ3) is 1.66. The third-order valence-corrected chi connectivity index (χ3v) is 2.31. The van der Waals surface area contributed by atoms with Gasteiger partial charge in [-0.05, 0) is 30.7 Å². The van der Waals surface area contributed by atoms with Crippen molar-refractivity contribution < 1.29 is 4.39 Å². The second kappa shape index (κ2) is 3.62. The van der Waals surface area contributed by atoms with Gasteiger partial charge in [0.05, 0.1) is 6.04 Å². The summed E-state index contributed by atoms with van der Waals surface area (Å²) in [5.41, 5.74) is 1.00. The summed E-state index contributed by atoms with van der Waals surface area (Å²) >= 11 is 0. The minimum atomic E-state index is -0.437. The van der Waals surface area contributed by atoms with Crippen LogP contribution in [0, 0.1) is 5.95 Å². The van der Waals surface area contributed by atoms with E-state index in [0.29, 0.717) is 0 Å². The summed E-state index contributed by atoms with van der Waals surface area (Å²) in [6, 6.07) is 7.27. The lowest BCUT2D eigenvalue weighted by atomic mass is 10.1. The molecule has 0 fully saturated rings. The predicted octanol–water partition coefficient (Wildman–Crippen LogP) is 2.63. The van der Waals surface area contributed by atoms with Crippen molar-refractivity contribution in [2.75, 3.05) is 0 Å². The molecule has 2 nitrogen and oxygen atoms in total. The standard InChI is InChI=1S/C11H11FN2/c1-9(14-6-2-3-7-14)10-4-5-11(12)13-8-10/h2-9H,1H3/t9-/m0/s1. The number of hydrogen-bond donors (Lipinski definition) is 0. The topological polar surface area (TPSA) is 17.8 Å². The SMILES string of the molecule is C[C@@H](c1ccc(F)nc1)n1cccc1. The number of aromatic nitrogens is 2. The monoisotopic (exact) mass is 190 g/mol. The van der Waals surface area contributed by atoms with Crippen molar-refractivity contribution in [1.82, 2.24) is 9.55 Å². The van der Waals surface area contributed by atoms with Crippen molar-refractivity contribution in [3.63, 3.8) is 0 Å². The third-order valence-electron chi connectivity index (χ3n) is 2.31. The van der Waals surface area contributed by atoms with Gasteiger partial charge in [0.25, 0.3) is 0 Å². The molecule has 2 aromatic heterocycles. The molecule has 0 spiro atoms. The van der Waals surface area contributed by atoms with Gasteiger partial charge in [0.1, 0.15) is 0 Å². The molecular formula is C11H11FN2. The van der Waals surface area contributed by atoms with E-state index in [1.807, 2.05) is 24.5 Å². The Morgan fingerprint density at radius 2 is 2.00 bits per heavy atom. The van der Waals surface area contributed by atoms with Crippen molar-refractivity contribution >= 4 is 0 Å². The fourth-order valence-corrected chi connectivity index (χ4v) is 1.41. The molecule has 3 heteroatoms. The summed E-state index contributed by atoms with van der Waals surface area (Å²) in [4.78, 5) is 3.63. The zero-order valence-corrected chi connectivity index (χ0v) is 7.89. The van der Waals surface area contributed by atoms with Crippen LogP contribution in [0.2, 0.25) is 0 Å². The molecule has 0 N–H and O–H groups in total. The van der Waals surface area contributed by atoms with Crippen molar-refractivity contribution in [2.45, 2.75) is 13.0 Å². The van der Waals surface area contributed by atoms with E-state index in [-0.39, 0.29) is 6.04 Å². The van der Waals surface area contributed by atoms with E-state index >= 15 is 0 Å². The maximum Gasteiger partial charge on any atom is 0.212 e. The van der Waals surface area contributed by atoms with Gasteiger partial charge in [-0.1, -0.05) is 6.07 Å². The Morgan fingerprint density at radius 1 is 1.29 bits per heavy atom. The Morgan fingerprint density at radius 3 is 2.57 bits per heavy atom. The first-order valence-corrected chi connectivity index (χ1v) is 4.51. The fourth-order valence-electron chi connectivity index (χ4n) is 1.41. The van der Waals surface area contributed by atoms with E-state index < -0.39 is 5.95 Å². The highest BCUT2D eigenvalue weighted by molar-refractivity contribution is 5.15. The average molecular weight is 190 g/mol. The van der Waals surface area contributed by atoms with Crippen LogP contribution in [0.1, 0.15) is 18.5 Å². The molecule has 0 amide bonds. The first-order valence-electron chi connectivity index (χ1n) is 4.51. The van der Waals surface area contributed by atoms with E-state index in [9.17, 15) is 4.39 Å². The molecule has 0 aliphatic heterocycles. The van der Waals surface area contributed by atoms with Gasteiger partial charge in [-0.15, -0.1) is 0 Å². The van der Waals surface area contributed by atoms with E-state index in [2.05, 4.69) is 16.5 Å². The minimum Gasteiger partial charge on any atom is -0.347 e. The molecule has 0 unspecified atom stereocenters. The molecule has 0 bridgehead atoms. The molecule has 0 aliphatic carbocycles. The quantitative estimate of drug-likeness (QED) is 0.665. The van der Waals surface area contributed by atoms with E-state index in [1.165, 1.54) is 6.07 Å². The molecule has 0 saturated carbocycles. The van der Waals surface area contributed by atoms with Gasteiger partial charge in [-0.3, -0.25) is 0 Å². The van der Waals surface area contributed by atoms with Crippen LogP contribution in [0.25, 0.3) is 0 Å². The van der Waals surface area contributed by atoms with Crippen LogP contribution < -0.4 is 0 Å². The summed E-state index contributed by atoms with van der Waals surface area (Å²) in [6.07, 6.45) is 5.53. The van der Waals surface area contributed by atoms with Gasteiger partial charge >= 0.3 is 0 Å². The first kappa shape index (κ1) is 8.94. The van der Waals surface area contributed by atoms with Crippen LogP contribution in [0.3, 0.4) is 0 Å². The van der Waals surface area contributed by atoms with Crippen LogP contribution in [0.4, 0.5) is 4.39 Å². The zero-order valence-electron chi connectivity index (χ0n) is 7.89. The maximum atomic E-state index is 12.6. The number of hydrogen-bond acceptors (Lipinski definition) is 1. The lowest BCUT2D eigenvalue weighted by Gasteiger charge is -2.13. The summed E-state index contributed by atoms with van der Waals surface area (Å²) in [5.74, 6) is -0.437. The molecule has 0 aromatic carbocycles. The zero-order chi connectivity index (χ0) is 9.97. The van der Waals surface area contributed by atoms with Crippen LogP contribution in [-0.2, 0) is 0 Å². The Bertz CT molecular complexity index is 392. The molecule has 1 atom stereocenters. The lowest BCUT2D eigenvalue weighted by molar-refractivity contribution is 0.575. The van der Waals surface area contributed by atoms with E-state index in [4.69, 9.17) is 0 Å². The van der Waals surface area contributed by atoms with Gasteiger partial charge in [-0.25, -0.2) is 4.98 Å². The minimum absolute atomic E-state index is 0.193. The molecule has 0 radical (unpaired) electrons. The molecule has 2 rings (SSSR count). The molecule has 14 heavy (non-hydrogen) atoms. The Labute approximate surface area is 82.0 Å². The highest BCUT2D eigenvalue weighted by Crippen LogP contribution is 2.16. The largest absolute Gasteiger partial charge is 0.347 e. The normalized spacial score (nSPS) is 12.7. The number of pyridine rings is 1. The predicted molar refractivity (Wildman–Crippen MR) is 52.4 cm³/mol. The lowest BCUT2D eigenvalue weighted by Crippen LogP contribution is -2.04. The number of halogens is 1. The number of nitrogens with zero attached hydrogens (tertiary/aromatic N) is 2. The van der Waals surface area contributed by atoms with Crippen LogP contribution in [0.5, 0.6) is 0 Å². The van der Waals surface area contributed by atoms with Crippen LogP contribution in [-0.4, -0.2) is 9.55 Å². The molecule has 0 aliphatic rings. The van der Waals surface area contributed by atoms with Crippen molar-refractivity contribution in [3.05, 3.63) is 54.4 Å². The van der Waals surface area contributed by atoms with Gasteiger partial charge < -0.3 is 4.57 Å². The maximum absolute atomic E-state index is 12.6. The molecule has 72 valence electrons. The van der Waals surface area contributed by atoms with E-state index in [0.717, 1.165) is 5.56 Å². The summed E-state index contributed by atoms with van der Waals surface area (Å²) in [7, 11) is 0. The Hall–Kier alpha value is -1.64. The second-order valence-electron chi connectivity index (χ2n) is 3.22. The average Bonchev–Trinajstić information content (AvgIpc) is 2.71. The smallest absolute Gasteiger partial charge is 0.212 e. The van der Waals surface area contributed by atoms with Crippen LogP contribution >= 0.6 is 0 Å². The van der Waals surface area contributed by atoms with Gasteiger partial charge in [0.2, 0.25) is 5.95 Å². The second-order valence-corrected chi connectivity index (χ2v) is 3.22. The summed E-state index contributed by atoms with van der Waals surface area (Å²) in [6.45, 7) is 2.05. The summed E-state index contributed by atoms with van der Waals surface area (Å²) < 4.78 is 14.6. The highest BCUT2D eigenvalue weighted by Gasteiger charge is 2.06. The van der Waals surface area contributed by atoms with E-state index in [1.54, 1.807) is 12.3 Å². The molecular weight excluding hydrogens is 179 g/mol. The van der Waals surface area contributed by atoms with Gasteiger partial charge in [0.15, 0.2) is 0 Å². The molecule has 0 saturated heterocycles. The summed E-state index contributed by atoms with van der Waals surface area (Å²) in [5, 5.41) is 0. The van der Waals surface area contributed by atoms with Gasteiger partial charge in [0, 0.05) is 18.6 Å². The van der Waals surface area contributed by atoms with Gasteiger partial charge in [-0.2, -0.15) is 4.39 Å². The van der Waals surface area contributed by atoms with Crippen molar-refractivity contribution in [3.8, 4) is 0 Å². The molecule has 2 aromatic rings. The first-order chi connectivity index (χ1) is 6.77. The Kier molecular flexibility index (Phi) is 2.31. The van der Waals surface area contributed by atoms with Crippen LogP contribution in [0.15, 0.2) is 42.9 Å².